The van der Waals surface area contributed by atoms with Gasteiger partial charge in [0.2, 0.25) is 0 Å². The zero-order chi connectivity index (χ0) is 32.0. The van der Waals surface area contributed by atoms with E-state index < -0.39 is 5.97 Å². The van der Waals surface area contributed by atoms with Crippen molar-refractivity contribution in [3.8, 4) is 0 Å². The molecule has 0 fully saturated rings. The first-order valence-corrected chi connectivity index (χ1v) is 15.8. The van der Waals surface area contributed by atoms with E-state index in [4.69, 9.17) is 57.2 Å². The average Bonchev–Trinajstić information content (AvgIpc) is 3.01. The Hall–Kier alpha value is -1.46. The van der Waals surface area contributed by atoms with Crippen molar-refractivity contribution in [2.24, 2.45) is 0 Å². The lowest BCUT2D eigenvalue weighted by Gasteiger charge is -2.09. The van der Waals surface area contributed by atoms with Gasteiger partial charge in [0.1, 0.15) is 13.2 Å². The first-order valence-electron chi connectivity index (χ1n) is 15.8. The molecule has 44 heavy (non-hydrogen) atoms. The molecule has 0 atom stereocenters. The Morgan fingerprint density at radius 3 is 1.02 bits per heavy atom. The number of hydrogen-bond acceptors (Lipinski definition) is 13. The molecule has 14 nitrogen and oxygen atoms in total. The van der Waals surface area contributed by atoms with Gasteiger partial charge < -0.3 is 57.2 Å². The Morgan fingerprint density at radius 1 is 0.409 bits per heavy atom. The van der Waals surface area contributed by atoms with Crippen LogP contribution in [-0.2, 0) is 61.7 Å². The number of carboxylic acids is 1. The van der Waals surface area contributed by atoms with Crippen LogP contribution in [0.4, 0.5) is 0 Å². The van der Waals surface area contributed by atoms with Gasteiger partial charge in [0.05, 0.1) is 126 Å². The lowest BCUT2D eigenvalue weighted by atomic mass is 10.1. The number of unbranched alkanes of at least 4 members (excludes halogenated alkanes) is 4. The van der Waals surface area contributed by atoms with Crippen LogP contribution in [0, 0.1) is 0 Å². The van der Waals surface area contributed by atoms with E-state index in [0.29, 0.717) is 125 Å². The monoisotopic (exact) mass is 642 g/mol. The maximum Gasteiger partial charge on any atom is 0.329 e. The molecule has 0 spiro atoms. The van der Waals surface area contributed by atoms with E-state index in [2.05, 4.69) is 6.92 Å². The van der Waals surface area contributed by atoms with Crippen molar-refractivity contribution < 1.29 is 66.8 Å². The molecule has 0 unspecified atom stereocenters. The highest BCUT2D eigenvalue weighted by Gasteiger charge is 2.02. The van der Waals surface area contributed by atoms with Crippen molar-refractivity contribution >= 4 is 11.9 Å². The summed E-state index contributed by atoms with van der Waals surface area (Å²) in [5.74, 6) is -1.15. The number of aliphatic carboxylic acids is 1. The van der Waals surface area contributed by atoms with Gasteiger partial charge in [-0.1, -0.05) is 32.6 Å². The van der Waals surface area contributed by atoms with Crippen molar-refractivity contribution in [3.63, 3.8) is 0 Å². The van der Waals surface area contributed by atoms with Crippen LogP contribution in [0.1, 0.15) is 45.4 Å². The summed E-state index contributed by atoms with van der Waals surface area (Å²) in [7, 11) is 0. The lowest BCUT2D eigenvalue weighted by Crippen LogP contribution is -2.16. The highest BCUT2D eigenvalue weighted by molar-refractivity contribution is 5.69. The molecule has 0 saturated carbocycles. The summed E-state index contributed by atoms with van der Waals surface area (Å²) in [5, 5.41) is 8.42. The van der Waals surface area contributed by atoms with Gasteiger partial charge in [0, 0.05) is 6.42 Å². The SMILES string of the molecule is CCCCCCCC(=O)OCCOCCOCCOCCOCCOCCOCCOCCOCCOCCOCC(=O)O. The van der Waals surface area contributed by atoms with Crippen LogP contribution in [0.15, 0.2) is 0 Å². The van der Waals surface area contributed by atoms with Crippen molar-refractivity contribution in [1.29, 1.82) is 0 Å². The van der Waals surface area contributed by atoms with E-state index >= 15 is 0 Å². The average molecular weight is 643 g/mol. The van der Waals surface area contributed by atoms with Crippen LogP contribution in [0.25, 0.3) is 0 Å². The van der Waals surface area contributed by atoms with Gasteiger partial charge in [0.15, 0.2) is 0 Å². The number of ether oxygens (including phenoxy) is 11. The molecule has 0 aliphatic carbocycles. The summed E-state index contributed by atoms with van der Waals surface area (Å²) in [6.45, 7) is 10.5. The topological polar surface area (TPSA) is 156 Å². The van der Waals surface area contributed by atoms with Crippen LogP contribution in [0.2, 0.25) is 0 Å². The van der Waals surface area contributed by atoms with E-state index in [0.717, 1.165) is 12.8 Å². The van der Waals surface area contributed by atoms with E-state index in [1.807, 2.05) is 0 Å². The summed E-state index contributed by atoms with van der Waals surface area (Å²) in [6.07, 6.45) is 6.05. The Balaban J connectivity index is 3.09. The second-order valence-electron chi connectivity index (χ2n) is 9.34. The van der Waals surface area contributed by atoms with E-state index in [-0.39, 0.29) is 25.8 Å². The van der Waals surface area contributed by atoms with Gasteiger partial charge in [0.25, 0.3) is 0 Å². The second kappa shape index (κ2) is 37.7. The summed E-state index contributed by atoms with van der Waals surface area (Å²) in [6, 6.07) is 0. The Bertz CT molecular complexity index is 596. The molecule has 0 bridgehead atoms. The maximum absolute atomic E-state index is 11.6. The summed E-state index contributed by atoms with van der Waals surface area (Å²) in [5.41, 5.74) is 0. The minimum atomic E-state index is -0.998. The Labute approximate surface area is 263 Å². The molecule has 14 heteroatoms. The fourth-order valence-corrected chi connectivity index (χ4v) is 3.30. The number of carboxylic acid groups (broad SMARTS) is 1. The van der Waals surface area contributed by atoms with Crippen molar-refractivity contribution in [2.75, 3.05) is 139 Å². The molecule has 0 aliphatic heterocycles. The molecule has 1 N–H and O–H groups in total. The van der Waals surface area contributed by atoms with Gasteiger partial charge >= 0.3 is 11.9 Å². The van der Waals surface area contributed by atoms with Gasteiger partial charge in [-0.05, 0) is 6.42 Å². The van der Waals surface area contributed by atoms with Gasteiger partial charge in [-0.3, -0.25) is 4.79 Å². The molecular weight excluding hydrogens is 584 g/mol. The number of carbonyl (C=O) groups is 2. The molecule has 0 saturated heterocycles. The fraction of sp³-hybridized carbons (Fsp3) is 0.933. The molecule has 0 aliphatic rings. The first kappa shape index (κ1) is 42.5. The van der Waals surface area contributed by atoms with Crippen LogP contribution < -0.4 is 0 Å². The van der Waals surface area contributed by atoms with Crippen LogP contribution >= 0.6 is 0 Å². The molecular formula is C30H58O14. The molecule has 0 rings (SSSR count). The lowest BCUT2D eigenvalue weighted by molar-refractivity contribution is -0.145. The number of rotatable bonds is 38. The molecule has 262 valence electrons. The predicted molar refractivity (Wildman–Crippen MR) is 160 cm³/mol. The zero-order valence-corrected chi connectivity index (χ0v) is 26.8. The second-order valence-corrected chi connectivity index (χ2v) is 9.34. The molecule has 0 amide bonds. The molecule has 0 radical (unpaired) electrons. The smallest absolute Gasteiger partial charge is 0.329 e. The standard InChI is InChI=1S/C30H58O14/c1-2-3-4-5-6-7-30(33)44-27-26-42-23-22-40-19-18-38-15-14-36-11-10-34-8-9-35-12-13-37-16-17-39-20-21-41-24-25-43-28-29(31)32/h2-28H2,1H3,(H,31,32). The summed E-state index contributed by atoms with van der Waals surface area (Å²) < 4.78 is 58.6. The molecule has 0 aromatic heterocycles. The number of esters is 1. The van der Waals surface area contributed by atoms with E-state index in [1.54, 1.807) is 0 Å². The third-order valence-corrected chi connectivity index (χ3v) is 5.55. The predicted octanol–water partition coefficient (Wildman–Crippen LogP) is 2.14. The minimum Gasteiger partial charge on any atom is -0.480 e. The quantitative estimate of drug-likeness (QED) is 0.0772. The van der Waals surface area contributed by atoms with Gasteiger partial charge in [-0.25, -0.2) is 4.79 Å². The number of hydrogen-bond donors (Lipinski definition) is 1. The molecule has 0 aromatic rings. The zero-order valence-electron chi connectivity index (χ0n) is 26.8. The molecule has 0 heterocycles. The third kappa shape index (κ3) is 38.6. The van der Waals surface area contributed by atoms with E-state index in [9.17, 15) is 9.59 Å². The highest BCUT2D eigenvalue weighted by Crippen LogP contribution is 2.05. The Morgan fingerprint density at radius 2 is 0.705 bits per heavy atom. The van der Waals surface area contributed by atoms with Crippen LogP contribution in [0.5, 0.6) is 0 Å². The third-order valence-electron chi connectivity index (χ3n) is 5.55. The van der Waals surface area contributed by atoms with Crippen LogP contribution in [-0.4, -0.2) is 156 Å². The minimum absolute atomic E-state index is 0.153. The fourth-order valence-electron chi connectivity index (χ4n) is 3.30. The Kier molecular flexibility index (Phi) is 36.5. The number of carbonyl (C=O) groups excluding carboxylic acids is 1. The molecule has 0 aromatic carbocycles. The highest BCUT2D eigenvalue weighted by atomic mass is 16.6. The van der Waals surface area contributed by atoms with Crippen molar-refractivity contribution in [1.82, 2.24) is 0 Å². The van der Waals surface area contributed by atoms with Gasteiger partial charge in [-0.15, -0.1) is 0 Å². The summed E-state index contributed by atoms with van der Waals surface area (Å²) in [4.78, 5) is 21.9. The van der Waals surface area contributed by atoms with E-state index in [1.165, 1.54) is 19.3 Å². The maximum atomic E-state index is 11.6. The van der Waals surface area contributed by atoms with Crippen molar-refractivity contribution in [2.45, 2.75) is 45.4 Å². The van der Waals surface area contributed by atoms with Crippen LogP contribution in [0.3, 0.4) is 0 Å². The first-order chi connectivity index (χ1) is 21.7. The van der Waals surface area contributed by atoms with Crippen molar-refractivity contribution in [3.05, 3.63) is 0 Å². The summed E-state index contributed by atoms with van der Waals surface area (Å²) >= 11 is 0. The normalized spacial score (nSPS) is 11.3. The van der Waals surface area contributed by atoms with Gasteiger partial charge in [-0.2, -0.15) is 0 Å². The largest absolute Gasteiger partial charge is 0.480 e.